The summed E-state index contributed by atoms with van der Waals surface area (Å²) in [7, 11) is 0. The molecule has 0 atom stereocenters. The molecule has 88 valence electrons. The van der Waals surface area contributed by atoms with Crippen molar-refractivity contribution >= 4 is 0 Å². The Labute approximate surface area is 100 Å². The van der Waals surface area contributed by atoms with Crippen molar-refractivity contribution in [3.63, 3.8) is 0 Å². The van der Waals surface area contributed by atoms with E-state index in [0.717, 1.165) is 43.1 Å². The van der Waals surface area contributed by atoms with Gasteiger partial charge in [-0.1, -0.05) is 6.92 Å². The van der Waals surface area contributed by atoms with Crippen LogP contribution < -0.4 is 4.74 Å². The molecule has 0 spiro atoms. The Bertz CT molecular complexity index is 533. The van der Waals surface area contributed by atoms with Crippen LogP contribution in [0.25, 0.3) is 11.4 Å². The number of hydrogen-bond acceptors (Lipinski definition) is 3. The summed E-state index contributed by atoms with van der Waals surface area (Å²) >= 11 is 0. The van der Waals surface area contributed by atoms with Gasteiger partial charge in [0.2, 0.25) is 0 Å². The maximum atomic E-state index is 5.51. The number of aromatic nitrogens is 3. The first-order valence-electron chi connectivity index (χ1n) is 6.02. The van der Waals surface area contributed by atoms with Crippen LogP contribution >= 0.6 is 0 Å². The molecule has 0 saturated carbocycles. The molecule has 0 unspecified atom stereocenters. The molecule has 0 aliphatic carbocycles. The fourth-order valence-electron chi connectivity index (χ4n) is 2.21. The molecule has 0 saturated heterocycles. The van der Waals surface area contributed by atoms with Gasteiger partial charge in [-0.3, -0.25) is 0 Å². The lowest BCUT2D eigenvalue weighted by Gasteiger charge is -2.06. The van der Waals surface area contributed by atoms with Crippen molar-refractivity contribution < 1.29 is 4.74 Å². The number of aryl methyl sites for hydroxylation is 1. The highest BCUT2D eigenvalue weighted by Gasteiger charge is 2.14. The number of rotatable bonds is 3. The van der Waals surface area contributed by atoms with Crippen LogP contribution in [-0.4, -0.2) is 21.4 Å². The van der Waals surface area contributed by atoms with Gasteiger partial charge in [0, 0.05) is 18.5 Å². The highest BCUT2D eigenvalue weighted by Crippen LogP contribution is 2.29. The van der Waals surface area contributed by atoms with Crippen LogP contribution in [0.2, 0.25) is 0 Å². The zero-order valence-electron chi connectivity index (χ0n) is 9.89. The quantitative estimate of drug-likeness (QED) is 0.810. The third-order valence-corrected chi connectivity index (χ3v) is 3.03. The Morgan fingerprint density at radius 1 is 1.41 bits per heavy atom. The fourth-order valence-corrected chi connectivity index (χ4v) is 2.21. The van der Waals surface area contributed by atoms with Crippen LogP contribution in [0, 0.1) is 0 Å². The molecule has 0 radical (unpaired) electrons. The zero-order chi connectivity index (χ0) is 11.7. The predicted octanol–water partition coefficient (Wildman–Crippen LogP) is 2.29. The van der Waals surface area contributed by atoms with E-state index in [1.807, 2.05) is 6.07 Å². The van der Waals surface area contributed by atoms with E-state index in [9.17, 15) is 0 Å². The number of benzene rings is 1. The molecular formula is C13H15N3O. The molecule has 0 fully saturated rings. The lowest BCUT2D eigenvalue weighted by molar-refractivity contribution is 0.357. The van der Waals surface area contributed by atoms with Crippen molar-refractivity contribution in [3.8, 4) is 17.1 Å². The topological polar surface area (TPSA) is 39.9 Å². The van der Waals surface area contributed by atoms with Crippen molar-refractivity contribution in [3.05, 3.63) is 30.1 Å². The monoisotopic (exact) mass is 229 g/mol. The number of hydrogen-bond donors (Lipinski definition) is 0. The van der Waals surface area contributed by atoms with Crippen molar-refractivity contribution in [1.29, 1.82) is 0 Å². The lowest BCUT2D eigenvalue weighted by atomic mass is 10.1. The summed E-state index contributed by atoms with van der Waals surface area (Å²) in [4.78, 5) is 0. The standard InChI is InChI=1S/C13H15N3O/c1-2-6-16-9-14-15-13(16)11-3-4-12-10(8-11)5-7-17-12/h3-4,8-9H,2,5-7H2,1H3. The molecule has 0 amide bonds. The normalized spacial score (nSPS) is 13.5. The number of ether oxygens (including phenoxy) is 1. The maximum Gasteiger partial charge on any atom is 0.163 e. The summed E-state index contributed by atoms with van der Waals surface area (Å²) in [5, 5.41) is 8.20. The molecule has 1 aliphatic heterocycles. The predicted molar refractivity (Wildman–Crippen MR) is 64.9 cm³/mol. The molecule has 1 aromatic heterocycles. The molecule has 2 aromatic rings. The van der Waals surface area contributed by atoms with Crippen LogP contribution in [0.3, 0.4) is 0 Å². The minimum atomic E-state index is 0.792. The Balaban J connectivity index is 2.00. The lowest BCUT2D eigenvalue weighted by Crippen LogP contribution is -1.98. The van der Waals surface area contributed by atoms with Gasteiger partial charge in [0.1, 0.15) is 12.1 Å². The largest absolute Gasteiger partial charge is 0.493 e. The number of nitrogens with zero attached hydrogens (tertiary/aromatic N) is 3. The van der Waals surface area contributed by atoms with Crippen molar-refractivity contribution in [2.45, 2.75) is 26.3 Å². The molecule has 4 heteroatoms. The van der Waals surface area contributed by atoms with E-state index in [4.69, 9.17) is 4.74 Å². The smallest absolute Gasteiger partial charge is 0.163 e. The molecule has 1 aliphatic rings. The van der Waals surface area contributed by atoms with Gasteiger partial charge >= 0.3 is 0 Å². The van der Waals surface area contributed by atoms with Gasteiger partial charge < -0.3 is 9.30 Å². The summed E-state index contributed by atoms with van der Waals surface area (Å²) in [6.07, 6.45) is 3.87. The first kappa shape index (κ1) is 10.3. The van der Waals surface area contributed by atoms with Crippen molar-refractivity contribution in [1.82, 2.24) is 14.8 Å². The minimum Gasteiger partial charge on any atom is -0.493 e. The van der Waals surface area contributed by atoms with E-state index in [-0.39, 0.29) is 0 Å². The second-order valence-corrected chi connectivity index (χ2v) is 4.27. The van der Waals surface area contributed by atoms with Crippen molar-refractivity contribution in [2.75, 3.05) is 6.61 Å². The molecule has 1 aromatic carbocycles. The fraction of sp³-hybridized carbons (Fsp3) is 0.385. The van der Waals surface area contributed by atoms with Crippen LogP contribution in [0.4, 0.5) is 0 Å². The summed E-state index contributed by atoms with van der Waals surface area (Å²) in [5.74, 6) is 1.96. The van der Waals surface area contributed by atoms with Gasteiger partial charge in [-0.2, -0.15) is 0 Å². The van der Waals surface area contributed by atoms with E-state index in [0.29, 0.717) is 0 Å². The minimum absolute atomic E-state index is 0.792. The van der Waals surface area contributed by atoms with Gasteiger partial charge in [-0.05, 0) is 30.2 Å². The van der Waals surface area contributed by atoms with E-state index >= 15 is 0 Å². The maximum absolute atomic E-state index is 5.51. The van der Waals surface area contributed by atoms with Crippen molar-refractivity contribution in [2.24, 2.45) is 0 Å². The van der Waals surface area contributed by atoms with Crippen LogP contribution in [0.1, 0.15) is 18.9 Å². The average Bonchev–Trinajstić information content (AvgIpc) is 2.96. The zero-order valence-corrected chi connectivity index (χ0v) is 9.89. The second-order valence-electron chi connectivity index (χ2n) is 4.27. The highest BCUT2D eigenvalue weighted by molar-refractivity contribution is 5.59. The summed E-state index contributed by atoms with van der Waals surface area (Å²) < 4.78 is 7.60. The van der Waals surface area contributed by atoms with E-state index < -0.39 is 0 Å². The van der Waals surface area contributed by atoms with E-state index in [2.05, 4.69) is 33.8 Å². The Hall–Kier alpha value is -1.84. The van der Waals surface area contributed by atoms with Gasteiger partial charge in [-0.25, -0.2) is 0 Å². The molecule has 0 N–H and O–H groups in total. The van der Waals surface area contributed by atoms with Gasteiger partial charge in [0.05, 0.1) is 6.61 Å². The molecule has 17 heavy (non-hydrogen) atoms. The molecular weight excluding hydrogens is 214 g/mol. The summed E-state index contributed by atoms with van der Waals surface area (Å²) in [6.45, 7) is 3.90. The summed E-state index contributed by atoms with van der Waals surface area (Å²) in [5.41, 5.74) is 2.40. The second kappa shape index (κ2) is 4.20. The SMILES string of the molecule is CCCn1cnnc1-c1ccc2c(c1)CCO2. The molecule has 3 rings (SSSR count). The van der Waals surface area contributed by atoms with Crippen LogP contribution in [0.15, 0.2) is 24.5 Å². The Kier molecular flexibility index (Phi) is 2.55. The Morgan fingerprint density at radius 3 is 3.24 bits per heavy atom. The Morgan fingerprint density at radius 2 is 2.35 bits per heavy atom. The first-order chi connectivity index (χ1) is 8.38. The summed E-state index contributed by atoms with van der Waals surface area (Å²) in [6, 6.07) is 6.25. The van der Waals surface area contributed by atoms with Gasteiger partial charge in [0.15, 0.2) is 5.82 Å². The third kappa shape index (κ3) is 1.79. The van der Waals surface area contributed by atoms with Gasteiger partial charge in [0.25, 0.3) is 0 Å². The average molecular weight is 229 g/mol. The van der Waals surface area contributed by atoms with E-state index in [1.165, 1.54) is 5.56 Å². The van der Waals surface area contributed by atoms with E-state index in [1.54, 1.807) is 6.33 Å². The molecule has 2 heterocycles. The van der Waals surface area contributed by atoms with Gasteiger partial charge in [-0.15, -0.1) is 10.2 Å². The first-order valence-corrected chi connectivity index (χ1v) is 6.02. The van der Waals surface area contributed by atoms with Crippen LogP contribution in [-0.2, 0) is 13.0 Å². The molecule has 0 bridgehead atoms. The third-order valence-electron chi connectivity index (χ3n) is 3.03. The van der Waals surface area contributed by atoms with Crippen LogP contribution in [0.5, 0.6) is 5.75 Å². The highest BCUT2D eigenvalue weighted by atomic mass is 16.5. The number of fused-ring (bicyclic) bond motifs is 1. The molecule has 4 nitrogen and oxygen atoms in total.